The second kappa shape index (κ2) is 12.4. The van der Waals surface area contributed by atoms with Crippen LogP contribution in [0.4, 0.5) is 17.3 Å². The van der Waals surface area contributed by atoms with Gasteiger partial charge in [0.05, 0.1) is 59.1 Å². The van der Waals surface area contributed by atoms with E-state index in [1.165, 1.54) is 17.7 Å². The van der Waals surface area contributed by atoms with Gasteiger partial charge in [0.25, 0.3) is 5.91 Å². The van der Waals surface area contributed by atoms with Gasteiger partial charge in [0.2, 0.25) is 0 Å². The number of carbonyl (C=O) groups is 1. The third-order valence-electron chi connectivity index (χ3n) is 5.49. The Hall–Kier alpha value is -3.07. The van der Waals surface area contributed by atoms with E-state index < -0.39 is 0 Å². The number of methoxy groups -OCH3 is 3. The Balaban J connectivity index is 1.54. The minimum Gasteiger partial charge on any atom is -0.496 e. The van der Waals surface area contributed by atoms with Crippen LogP contribution in [0.3, 0.4) is 0 Å². The average molecular weight is 635 g/mol. The van der Waals surface area contributed by atoms with Crippen LogP contribution in [0.1, 0.15) is 21.5 Å². The van der Waals surface area contributed by atoms with E-state index in [0.29, 0.717) is 59.7 Å². The molecular weight excluding hydrogens is 609 g/mol. The molecule has 194 valence electrons. The Morgan fingerprint density at radius 3 is 2.59 bits per heavy atom. The summed E-state index contributed by atoms with van der Waals surface area (Å²) in [5.41, 5.74) is 3.37. The zero-order valence-electron chi connectivity index (χ0n) is 20.8. The number of nitrogens with zero attached hydrogens (tertiary/aromatic N) is 3. The molecule has 0 radical (unpaired) electrons. The number of ether oxygens (including phenoxy) is 4. The van der Waals surface area contributed by atoms with E-state index >= 15 is 0 Å². The van der Waals surface area contributed by atoms with Crippen LogP contribution < -0.4 is 20.1 Å². The molecule has 1 amide bonds. The number of fused-ring (bicyclic) bond motifs is 1. The number of anilines is 3. The average Bonchev–Trinajstić information content (AvgIpc) is 3.35. The Kier molecular flexibility index (Phi) is 9.08. The molecule has 0 aliphatic heterocycles. The van der Waals surface area contributed by atoms with Gasteiger partial charge in [0.15, 0.2) is 5.82 Å². The van der Waals surface area contributed by atoms with Crippen molar-refractivity contribution in [2.24, 2.45) is 0 Å². The van der Waals surface area contributed by atoms with Crippen LogP contribution in [0, 0.1) is 10.5 Å². The highest BCUT2D eigenvalue weighted by Gasteiger charge is 2.21. The molecular formula is C25H26IN5O5S. The van der Waals surface area contributed by atoms with E-state index in [-0.39, 0.29) is 5.91 Å². The molecule has 0 aliphatic rings. The van der Waals surface area contributed by atoms with E-state index in [9.17, 15) is 4.79 Å². The summed E-state index contributed by atoms with van der Waals surface area (Å²) in [5, 5.41) is 8.00. The molecule has 37 heavy (non-hydrogen) atoms. The van der Waals surface area contributed by atoms with Crippen molar-refractivity contribution in [2.45, 2.75) is 13.5 Å². The summed E-state index contributed by atoms with van der Waals surface area (Å²) in [7, 11) is 4.80. The van der Waals surface area contributed by atoms with Gasteiger partial charge in [-0.25, -0.2) is 15.0 Å². The molecule has 0 fully saturated rings. The maximum Gasteiger partial charge on any atom is 0.258 e. The van der Waals surface area contributed by atoms with Crippen molar-refractivity contribution >= 4 is 67.4 Å². The van der Waals surface area contributed by atoms with Gasteiger partial charge in [-0.15, -0.1) is 11.3 Å². The molecule has 0 saturated heterocycles. The van der Waals surface area contributed by atoms with E-state index in [2.05, 4.69) is 48.2 Å². The monoisotopic (exact) mass is 635 g/mol. The van der Waals surface area contributed by atoms with Crippen LogP contribution in [0.25, 0.3) is 10.2 Å². The largest absolute Gasteiger partial charge is 0.496 e. The maximum atomic E-state index is 13.3. The number of amides is 1. The van der Waals surface area contributed by atoms with Gasteiger partial charge < -0.3 is 29.6 Å². The van der Waals surface area contributed by atoms with Gasteiger partial charge in [0, 0.05) is 30.3 Å². The zero-order valence-corrected chi connectivity index (χ0v) is 23.7. The van der Waals surface area contributed by atoms with Crippen molar-refractivity contribution in [1.82, 2.24) is 15.0 Å². The lowest BCUT2D eigenvalue weighted by Crippen LogP contribution is -2.14. The van der Waals surface area contributed by atoms with Crippen molar-refractivity contribution in [3.63, 3.8) is 0 Å². The smallest absolute Gasteiger partial charge is 0.258 e. The zero-order chi connectivity index (χ0) is 26.4. The van der Waals surface area contributed by atoms with Crippen LogP contribution in [-0.2, 0) is 16.1 Å². The number of hydrogen-bond acceptors (Lipinski definition) is 10. The molecule has 0 atom stereocenters. The molecule has 12 heteroatoms. The van der Waals surface area contributed by atoms with Crippen LogP contribution in [-0.4, -0.2) is 55.4 Å². The number of rotatable bonds is 11. The van der Waals surface area contributed by atoms with E-state index in [1.807, 2.05) is 19.1 Å². The van der Waals surface area contributed by atoms with Gasteiger partial charge >= 0.3 is 0 Å². The molecule has 0 unspecified atom stereocenters. The predicted molar refractivity (Wildman–Crippen MR) is 151 cm³/mol. The second-order valence-electron chi connectivity index (χ2n) is 7.82. The molecule has 2 N–H and O–H groups in total. The SMILES string of the molecule is COCCOCc1ccc(Nc2ncnc3c(C(=O)Nc4c(C)c(OC)cc(OC)c4I)csc23)nc1. The van der Waals surface area contributed by atoms with Crippen molar-refractivity contribution in [3.8, 4) is 11.5 Å². The number of benzene rings is 1. The first-order valence-electron chi connectivity index (χ1n) is 11.2. The summed E-state index contributed by atoms with van der Waals surface area (Å²) < 4.78 is 22.9. The molecule has 0 bridgehead atoms. The molecule has 3 aromatic heterocycles. The Labute approximate surface area is 231 Å². The number of aromatic nitrogens is 3. The number of hydrogen-bond donors (Lipinski definition) is 2. The van der Waals surface area contributed by atoms with Crippen molar-refractivity contribution in [2.75, 3.05) is 45.2 Å². The summed E-state index contributed by atoms with van der Waals surface area (Å²) in [4.78, 5) is 26.5. The third kappa shape index (κ3) is 6.09. The van der Waals surface area contributed by atoms with Crippen LogP contribution in [0.2, 0.25) is 0 Å². The van der Waals surface area contributed by atoms with Crippen molar-refractivity contribution in [3.05, 3.63) is 56.4 Å². The molecule has 3 heterocycles. The molecule has 4 rings (SSSR count). The Morgan fingerprint density at radius 1 is 1.08 bits per heavy atom. The summed E-state index contributed by atoms with van der Waals surface area (Å²) in [6.07, 6.45) is 3.17. The maximum absolute atomic E-state index is 13.3. The first-order chi connectivity index (χ1) is 18.0. The van der Waals surface area contributed by atoms with Gasteiger partial charge in [-0.05, 0) is 41.1 Å². The molecule has 0 aliphatic carbocycles. The summed E-state index contributed by atoms with van der Waals surface area (Å²) in [6, 6.07) is 5.58. The number of pyridine rings is 1. The van der Waals surface area contributed by atoms with Gasteiger partial charge in [-0.1, -0.05) is 6.07 Å². The molecule has 4 aromatic rings. The minimum atomic E-state index is -0.289. The van der Waals surface area contributed by atoms with Gasteiger partial charge in [-0.2, -0.15) is 0 Å². The minimum absolute atomic E-state index is 0.289. The van der Waals surface area contributed by atoms with Gasteiger partial charge in [-0.3, -0.25) is 4.79 Å². The molecule has 10 nitrogen and oxygen atoms in total. The Morgan fingerprint density at radius 2 is 1.89 bits per heavy atom. The standard InChI is InChI=1S/C25H26IN5O5S/c1-14-17(34-3)9-18(35-4)20(26)21(14)31-25(32)16-12-37-23-22(16)28-13-29-24(23)30-19-6-5-15(10-27-19)11-36-8-7-33-2/h5-6,9-10,12-13H,7-8,11H2,1-4H3,(H,31,32)(H,27,28,29,30). The van der Waals surface area contributed by atoms with Gasteiger partial charge in [0.1, 0.15) is 23.6 Å². The summed E-state index contributed by atoms with van der Waals surface area (Å²) in [6.45, 7) is 3.41. The highest BCUT2D eigenvalue weighted by atomic mass is 127. The lowest BCUT2D eigenvalue weighted by Gasteiger charge is -2.16. The first-order valence-corrected chi connectivity index (χ1v) is 13.2. The van der Waals surface area contributed by atoms with Crippen LogP contribution in [0.15, 0.2) is 36.1 Å². The number of carbonyl (C=O) groups excluding carboxylic acids is 1. The van der Waals surface area contributed by atoms with Crippen LogP contribution >= 0.6 is 33.9 Å². The van der Waals surface area contributed by atoms with E-state index in [1.54, 1.807) is 39.0 Å². The topological polar surface area (TPSA) is 117 Å². The fourth-order valence-electron chi connectivity index (χ4n) is 3.53. The van der Waals surface area contributed by atoms with Crippen LogP contribution in [0.5, 0.6) is 11.5 Å². The summed E-state index contributed by atoms with van der Waals surface area (Å²) >= 11 is 3.53. The van der Waals surface area contributed by atoms with E-state index in [4.69, 9.17) is 18.9 Å². The quantitative estimate of drug-likeness (QED) is 0.170. The number of halogens is 1. The Bertz CT molecular complexity index is 1370. The normalized spacial score (nSPS) is 10.9. The molecule has 0 spiro atoms. The van der Waals surface area contributed by atoms with E-state index in [0.717, 1.165) is 19.4 Å². The molecule has 1 aromatic carbocycles. The number of thiophene rings is 1. The lowest BCUT2D eigenvalue weighted by atomic mass is 10.1. The highest BCUT2D eigenvalue weighted by Crippen LogP contribution is 2.38. The first kappa shape index (κ1) is 27.0. The van der Waals surface area contributed by atoms with Crippen molar-refractivity contribution in [1.29, 1.82) is 0 Å². The number of nitrogens with one attached hydrogen (secondary N) is 2. The second-order valence-corrected chi connectivity index (χ2v) is 9.78. The predicted octanol–water partition coefficient (Wildman–Crippen LogP) is 5.18. The molecule has 0 saturated carbocycles. The lowest BCUT2D eigenvalue weighted by molar-refractivity contribution is 0.0615. The highest BCUT2D eigenvalue weighted by molar-refractivity contribution is 14.1. The fourth-order valence-corrected chi connectivity index (χ4v) is 5.39. The van der Waals surface area contributed by atoms with Crippen molar-refractivity contribution < 1.29 is 23.7 Å². The summed E-state index contributed by atoms with van der Waals surface area (Å²) in [5.74, 6) is 2.13. The third-order valence-corrected chi connectivity index (χ3v) is 7.54. The fraction of sp³-hybridized carbons (Fsp3) is 0.280.